The van der Waals surface area contributed by atoms with Gasteiger partial charge in [0.15, 0.2) is 0 Å². The summed E-state index contributed by atoms with van der Waals surface area (Å²) in [5, 5.41) is 1.23. The lowest BCUT2D eigenvalue weighted by atomic mass is 10.2. The number of benzene rings is 1. The molecule has 0 heterocycles. The van der Waals surface area contributed by atoms with Gasteiger partial charge in [0.2, 0.25) is 0 Å². The van der Waals surface area contributed by atoms with E-state index in [-0.39, 0.29) is 5.91 Å². The Bertz CT molecular complexity index is 341. The van der Waals surface area contributed by atoms with E-state index in [1.807, 2.05) is 24.3 Å². The minimum atomic E-state index is -0.117. The minimum absolute atomic E-state index is 0.117. The summed E-state index contributed by atoms with van der Waals surface area (Å²) >= 11 is 1.66. The molecule has 0 aromatic heterocycles. The Morgan fingerprint density at radius 1 is 1.47 bits per heavy atom. The van der Waals surface area contributed by atoms with Gasteiger partial charge in [-0.25, -0.2) is 5.06 Å². The van der Waals surface area contributed by atoms with Gasteiger partial charge in [0.25, 0.3) is 5.91 Å². The second-order valence-corrected chi connectivity index (χ2v) is 4.22. The molecule has 1 rings (SSSR count). The topological polar surface area (TPSA) is 29.5 Å². The quantitative estimate of drug-likeness (QED) is 0.582. The Morgan fingerprint density at radius 3 is 2.73 bits per heavy atom. The molecule has 15 heavy (non-hydrogen) atoms. The molecule has 0 saturated carbocycles. The van der Waals surface area contributed by atoms with Crippen LogP contribution in [0, 0.1) is 0 Å². The van der Waals surface area contributed by atoms with Gasteiger partial charge in [0.05, 0.1) is 12.7 Å². The summed E-state index contributed by atoms with van der Waals surface area (Å²) in [7, 11) is 3.09. The largest absolute Gasteiger partial charge is 0.278 e. The van der Waals surface area contributed by atoms with Crippen molar-refractivity contribution in [2.45, 2.75) is 11.8 Å². The Hall–Kier alpha value is -1.00. The molecule has 0 unspecified atom stereocenters. The summed E-state index contributed by atoms with van der Waals surface area (Å²) in [4.78, 5) is 17.7. The van der Waals surface area contributed by atoms with E-state index in [0.29, 0.717) is 5.56 Å². The van der Waals surface area contributed by atoms with Gasteiger partial charge in [-0.1, -0.05) is 19.1 Å². The lowest BCUT2D eigenvalue weighted by Crippen LogP contribution is -2.25. The first-order chi connectivity index (χ1) is 7.20. The highest BCUT2D eigenvalue weighted by molar-refractivity contribution is 7.99. The van der Waals surface area contributed by atoms with E-state index in [9.17, 15) is 4.79 Å². The monoisotopic (exact) mass is 225 g/mol. The zero-order valence-corrected chi connectivity index (χ0v) is 10.0. The number of amides is 1. The van der Waals surface area contributed by atoms with Crippen molar-refractivity contribution in [1.29, 1.82) is 0 Å². The van der Waals surface area contributed by atoms with E-state index in [1.165, 1.54) is 12.2 Å². The highest BCUT2D eigenvalue weighted by atomic mass is 32.2. The fourth-order valence-corrected chi connectivity index (χ4v) is 1.97. The van der Waals surface area contributed by atoms with Crippen molar-refractivity contribution < 1.29 is 9.63 Å². The summed E-state index contributed by atoms with van der Waals surface area (Å²) < 4.78 is 0. The Balaban J connectivity index is 2.96. The van der Waals surface area contributed by atoms with Crippen LogP contribution in [0.5, 0.6) is 0 Å². The van der Waals surface area contributed by atoms with Crippen LogP contribution in [0.15, 0.2) is 29.2 Å². The van der Waals surface area contributed by atoms with Gasteiger partial charge < -0.3 is 0 Å². The van der Waals surface area contributed by atoms with Gasteiger partial charge in [-0.2, -0.15) is 0 Å². The van der Waals surface area contributed by atoms with Crippen LogP contribution in [0.1, 0.15) is 17.3 Å². The van der Waals surface area contributed by atoms with Gasteiger partial charge in [0, 0.05) is 11.9 Å². The maximum Gasteiger partial charge on any atom is 0.278 e. The molecule has 0 fully saturated rings. The van der Waals surface area contributed by atoms with Crippen LogP contribution in [0.25, 0.3) is 0 Å². The second-order valence-electron chi connectivity index (χ2n) is 2.91. The maximum absolute atomic E-state index is 11.9. The van der Waals surface area contributed by atoms with E-state index in [0.717, 1.165) is 10.6 Å². The highest BCUT2D eigenvalue weighted by Crippen LogP contribution is 2.23. The van der Waals surface area contributed by atoms with Crippen LogP contribution in [0.4, 0.5) is 0 Å². The standard InChI is InChI=1S/C11H15NO2S/c1-4-15-10-8-6-5-7-9(10)11(13)12(2)14-3/h5-8H,4H2,1-3H3. The van der Waals surface area contributed by atoms with Crippen molar-refractivity contribution in [2.24, 2.45) is 0 Å². The SMILES string of the molecule is CCSc1ccccc1C(=O)N(C)OC. The van der Waals surface area contributed by atoms with E-state index < -0.39 is 0 Å². The second kappa shape index (κ2) is 5.78. The molecule has 1 amide bonds. The Labute approximate surface area is 94.4 Å². The Kier molecular flexibility index (Phi) is 4.65. The van der Waals surface area contributed by atoms with E-state index >= 15 is 0 Å². The van der Waals surface area contributed by atoms with Crippen LogP contribution in [0.3, 0.4) is 0 Å². The van der Waals surface area contributed by atoms with Crippen molar-refractivity contribution >= 4 is 17.7 Å². The van der Waals surface area contributed by atoms with Gasteiger partial charge in [-0.15, -0.1) is 11.8 Å². The normalized spacial score (nSPS) is 10.1. The van der Waals surface area contributed by atoms with Crippen molar-refractivity contribution in [3.8, 4) is 0 Å². The fraction of sp³-hybridized carbons (Fsp3) is 0.364. The van der Waals surface area contributed by atoms with Crippen LogP contribution in [0.2, 0.25) is 0 Å². The molecule has 0 aliphatic heterocycles. The average Bonchev–Trinajstić information content (AvgIpc) is 2.28. The number of rotatable bonds is 4. The predicted molar refractivity (Wildman–Crippen MR) is 61.9 cm³/mol. The zero-order valence-electron chi connectivity index (χ0n) is 9.19. The maximum atomic E-state index is 11.9. The molecule has 0 bridgehead atoms. The number of hydrogen-bond acceptors (Lipinski definition) is 3. The summed E-state index contributed by atoms with van der Waals surface area (Å²) in [5.41, 5.74) is 0.689. The molecule has 0 saturated heterocycles. The molecule has 0 radical (unpaired) electrons. The Morgan fingerprint density at radius 2 is 2.13 bits per heavy atom. The summed E-state index contributed by atoms with van der Waals surface area (Å²) in [6, 6.07) is 7.55. The highest BCUT2D eigenvalue weighted by Gasteiger charge is 2.14. The third kappa shape index (κ3) is 2.97. The van der Waals surface area contributed by atoms with Crippen molar-refractivity contribution in [1.82, 2.24) is 5.06 Å². The van der Waals surface area contributed by atoms with Crippen LogP contribution in [-0.4, -0.2) is 30.9 Å². The predicted octanol–water partition coefficient (Wildman–Crippen LogP) is 2.43. The molecule has 3 nitrogen and oxygen atoms in total. The van der Waals surface area contributed by atoms with Gasteiger partial charge in [-0.3, -0.25) is 9.63 Å². The fourth-order valence-electron chi connectivity index (χ4n) is 1.18. The van der Waals surface area contributed by atoms with E-state index in [4.69, 9.17) is 4.84 Å². The molecule has 1 aromatic carbocycles. The van der Waals surface area contributed by atoms with Crippen LogP contribution < -0.4 is 0 Å². The summed E-state index contributed by atoms with van der Waals surface area (Å²) in [6.07, 6.45) is 0. The molecule has 0 spiro atoms. The lowest BCUT2D eigenvalue weighted by molar-refractivity contribution is -0.0759. The number of carbonyl (C=O) groups is 1. The number of nitrogens with zero attached hydrogens (tertiary/aromatic N) is 1. The molecule has 4 heteroatoms. The smallest absolute Gasteiger partial charge is 0.274 e. The molecule has 1 aromatic rings. The van der Waals surface area contributed by atoms with E-state index in [2.05, 4.69) is 6.92 Å². The van der Waals surface area contributed by atoms with E-state index in [1.54, 1.807) is 18.8 Å². The molecule has 0 atom stereocenters. The molecular formula is C11H15NO2S. The number of carbonyl (C=O) groups excluding carboxylic acids is 1. The minimum Gasteiger partial charge on any atom is -0.274 e. The third-order valence-corrected chi connectivity index (χ3v) is 2.93. The van der Waals surface area contributed by atoms with Gasteiger partial charge in [-0.05, 0) is 17.9 Å². The first-order valence-electron chi connectivity index (χ1n) is 4.74. The number of hydrogen-bond donors (Lipinski definition) is 0. The molecule has 82 valence electrons. The number of hydroxylamine groups is 2. The molecule has 0 aliphatic carbocycles. The third-order valence-electron chi connectivity index (χ3n) is 1.98. The van der Waals surface area contributed by atoms with Crippen molar-refractivity contribution in [3.63, 3.8) is 0 Å². The van der Waals surface area contributed by atoms with Crippen molar-refractivity contribution in [3.05, 3.63) is 29.8 Å². The molecular weight excluding hydrogens is 210 g/mol. The molecule has 0 aliphatic rings. The first kappa shape index (κ1) is 12.1. The first-order valence-corrected chi connectivity index (χ1v) is 5.73. The average molecular weight is 225 g/mol. The van der Waals surface area contributed by atoms with Crippen LogP contribution in [-0.2, 0) is 4.84 Å². The number of thioether (sulfide) groups is 1. The van der Waals surface area contributed by atoms with Crippen molar-refractivity contribution in [2.75, 3.05) is 19.9 Å². The zero-order chi connectivity index (χ0) is 11.3. The summed E-state index contributed by atoms with van der Waals surface area (Å²) in [6.45, 7) is 2.06. The lowest BCUT2D eigenvalue weighted by Gasteiger charge is -2.15. The summed E-state index contributed by atoms with van der Waals surface area (Å²) in [5.74, 6) is 0.829. The molecule has 0 N–H and O–H groups in total. The van der Waals surface area contributed by atoms with Gasteiger partial charge >= 0.3 is 0 Å². The van der Waals surface area contributed by atoms with Gasteiger partial charge in [0.1, 0.15) is 0 Å². The van der Waals surface area contributed by atoms with Crippen LogP contribution >= 0.6 is 11.8 Å².